The van der Waals surface area contributed by atoms with E-state index in [0.717, 1.165) is 11.3 Å². The summed E-state index contributed by atoms with van der Waals surface area (Å²) in [5, 5.41) is 3.77. The molecule has 2 heterocycles. The van der Waals surface area contributed by atoms with Gasteiger partial charge in [0.15, 0.2) is 10.8 Å². The van der Waals surface area contributed by atoms with Crippen molar-refractivity contribution < 1.29 is 4.79 Å². The van der Waals surface area contributed by atoms with Gasteiger partial charge < -0.3 is 5.32 Å². The van der Waals surface area contributed by atoms with Crippen LogP contribution in [0.25, 0.3) is 11.0 Å². The van der Waals surface area contributed by atoms with Crippen molar-refractivity contribution in [1.29, 1.82) is 0 Å². The van der Waals surface area contributed by atoms with Crippen LogP contribution in [0.2, 0.25) is 0 Å². The highest BCUT2D eigenvalue weighted by Gasteiger charge is 2.13. The molecule has 8 heteroatoms. The Kier molecular flexibility index (Phi) is 5.62. The molecule has 0 bridgehead atoms. The maximum Gasteiger partial charge on any atom is 0.264 e. The van der Waals surface area contributed by atoms with Gasteiger partial charge in [-0.15, -0.1) is 0 Å². The quantitative estimate of drug-likeness (QED) is 0.529. The second kappa shape index (κ2) is 8.09. The topological polar surface area (TPSA) is 89.8 Å². The molecule has 0 saturated heterocycles. The normalized spacial score (nSPS) is 12.1. The van der Waals surface area contributed by atoms with Crippen LogP contribution in [0.15, 0.2) is 52.8 Å². The van der Waals surface area contributed by atoms with Crippen molar-refractivity contribution in [1.82, 2.24) is 24.8 Å². The molecule has 0 fully saturated rings. The number of thioether (sulfide) groups is 1. The van der Waals surface area contributed by atoms with Crippen LogP contribution >= 0.6 is 11.8 Å². The van der Waals surface area contributed by atoms with E-state index in [2.05, 4.69) is 20.3 Å². The maximum atomic E-state index is 12.5. The summed E-state index contributed by atoms with van der Waals surface area (Å²) < 4.78 is 1.27. The van der Waals surface area contributed by atoms with Crippen molar-refractivity contribution in [3.05, 3.63) is 58.8 Å². The van der Waals surface area contributed by atoms with Crippen molar-refractivity contribution in [2.75, 3.05) is 5.75 Å². The average molecular weight is 369 g/mol. The second-order valence-electron chi connectivity index (χ2n) is 5.70. The number of hydrogen-bond acceptors (Lipinski definition) is 6. The Bertz CT molecular complexity index is 974. The third-order valence-electron chi connectivity index (χ3n) is 3.82. The van der Waals surface area contributed by atoms with E-state index < -0.39 is 0 Å². The third kappa shape index (κ3) is 4.08. The maximum absolute atomic E-state index is 12.5. The van der Waals surface area contributed by atoms with E-state index in [9.17, 15) is 9.59 Å². The van der Waals surface area contributed by atoms with Crippen LogP contribution in [0.1, 0.15) is 25.5 Å². The highest BCUT2D eigenvalue weighted by Crippen LogP contribution is 2.13. The van der Waals surface area contributed by atoms with E-state index >= 15 is 0 Å². The summed E-state index contributed by atoms with van der Waals surface area (Å²) in [5.74, 6) is 0.575. The SMILES string of the molecule is CCSc1ncc2c(=O)n(CC(=O)NC(C)c3ccccc3)cnc2n1. The van der Waals surface area contributed by atoms with Crippen LogP contribution in [0.4, 0.5) is 0 Å². The summed E-state index contributed by atoms with van der Waals surface area (Å²) in [5.41, 5.74) is 1.01. The lowest BCUT2D eigenvalue weighted by molar-refractivity contribution is -0.122. The number of fused-ring (bicyclic) bond motifs is 1. The molecule has 7 nitrogen and oxygen atoms in total. The fourth-order valence-corrected chi connectivity index (χ4v) is 3.05. The Hall–Kier alpha value is -2.74. The molecule has 26 heavy (non-hydrogen) atoms. The predicted octanol–water partition coefficient (Wildman–Crippen LogP) is 2.18. The van der Waals surface area contributed by atoms with Crippen molar-refractivity contribution in [3.8, 4) is 0 Å². The number of carbonyl (C=O) groups excluding carboxylic acids is 1. The zero-order valence-electron chi connectivity index (χ0n) is 14.5. The fraction of sp³-hybridized carbons (Fsp3) is 0.278. The van der Waals surface area contributed by atoms with Gasteiger partial charge in [-0.3, -0.25) is 14.2 Å². The molecule has 1 unspecified atom stereocenters. The molecule has 3 aromatic rings. The first-order chi connectivity index (χ1) is 12.6. The lowest BCUT2D eigenvalue weighted by Gasteiger charge is -2.14. The van der Waals surface area contributed by atoms with E-state index in [1.54, 1.807) is 0 Å². The number of benzene rings is 1. The minimum absolute atomic E-state index is 0.107. The summed E-state index contributed by atoms with van der Waals surface area (Å²) in [7, 11) is 0. The lowest BCUT2D eigenvalue weighted by Crippen LogP contribution is -2.34. The molecular formula is C18H19N5O2S. The second-order valence-corrected chi connectivity index (χ2v) is 6.93. The number of nitrogens with one attached hydrogen (secondary N) is 1. The first-order valence-electron chi connectivity index (χ1n) is 8.27. The van der Waals surface area contributed by atoms with Crippen LogP contribution in [-0.2, 0) is 11.3 Å². The third-order valence-corrected chi connectivity index (χ3v) is 4.57. The molecule has 1 N–H and O–H groups in total. The van der Waals surface area contributed by atoms with Gasteiger partial charge in [0, 0.05) is 6.20 Å². The standard InChI is InChI=1S/C18H19N5O2S/c1-3-26-18-19-9-14-16(22-18)20-11-23(17(14)25)10-15(24)21-12(2)13-7-5-4-6-8-13/h4-9,11-12H,3,10H2,1-2H3,(H,21,24). The van der Waals surface area contributed by atoms with Crippen LogP contribution in [0.5, 0.6) is 0 Å². The number of rotatable bonds is 6. The monoisotopic (exact) mass is 369 g/mol. The Labute approximate surface area is 154 Å². The number of aromatic nitrogens is 4. The molecule has 1 amide bonds. The van der Waals surface area contributed by atoms with Crippen LogP contribution in [0, 0.1) is 0 Å². The lowest BCUT2D eigenvalue weighted by atomic mass is 10.1. The Balaban J connectivity index is 1.76. The number of amides is 1. The van der Waals surface area contributed by atoms with Gasteiger partial charge >= 0.3 is 0 Å². The smallest absolute Gasteiger partial charge is 0.264 e. The van der Waals surface area contributed by atoms with E-state index in [0.29, 0.717) is 16.2 Å². The molecule has 0 aliphatic rings. The van der Waals surface area contributed by atoms with Gasteiger partial charge in [0.05, 0.1) is 6.04 Å². The molecule has 0 aliphatic heterocycles. The summed E-state index contributed by atoms with van der Waals surface area (Å²) in [6.45, 7) is 3.79. The molecule has 0 aliphatic carbocycles. The molecule has 0 radical (unpaired) electrons. The molecule has 1 atom stereocenters. The van der Waals surface area contributed by atoms with Crippen LogP contribution < -0.4 is 10.9 Å². The molecule has 0 spiro atoms. The number of nitrogens with zero attached hydrogens (tertiary/aromatic N) is 4. The molecule has 1 aromatic carbocycles. The van der Waals surface area contributed by atoms with Gasteiger partial charge in [-0.25, -0.2) is 15.0 Å². The molecule has 3 rings (SSSR count). The zero-order chi connectivity index (χ0) is 18.5. The van der Waals surface area contributed by atoms with Crippen molar-refractivity contribution >= 4 is 28.7 Å². The minimum Gasteiger partial charge on any atom is -0.348 e. The van der Waals surface area contributed by atoms with Crippen molar-refractivity contribution in [3.63, 3.8) is 0 Å². The summed E-state index contributed by atoms with van der Waals surface area (Å²) in [4.78, 5) is 37.5. The first-order valence-corrected chi connectivity index (χ1v) is 9.26. The van der Waals surface area contributed by atoms with Gasteiger partial charge in [-0.1, -0.05) is 49.0 Å². The van der Waals surface area contributed by atoms with Gasteiger partial charge in [-0.05, 0) is 18.2 Å². The summed E-state index contributed by atoms with van der Waals surface area (Å²) in [6, 6.07) is 9.49. The number of carbonyl (C=O) groups is 1. The summed E-state index contributed by atoms with van der Waals surface area (Å²) >= 11 is 1.48. The van der Waals surface area contributed by atoms with Crippen LogP contribution in [-0.4, -0.2) is 31.2 Å². The zero-order valence-corrected chi connectivity index (χ0v) is 15.4. The van der Waals surface area contributed by atoms with E-state index in [1.165, 1.54) is 28.9 Å². The fourth-order valence-electron chi connectivity index (χ4n) is 2.52. The average Bonchev–Trinajstić information content (AvgIpc) is 2.65. The van der Waals surface area contributed by atoms with Gasteiger partial charge in [0.25, 0.3) is 5.56 Å². The molecule has 0 saturated carbocycles. The molecule has 2 aromatic heterocycles. The summed E-state index contributed by atoms with van der Waals surface area (Å²) in [6.07, 6.45) is 2.82. The van der Waals surface area contributed by atoms with Gasteiger partial charge in [0.1, 0.15) is 18.3 Å². The Morgan fingerprint density at radius 2 is 2.04 bits per heavy atom. The highest BCUT2D eigenvalue weighted by molar-refractivity contribution is 7.99. The van der Waals surface area contributed by atoms with E-state index in [4.69, 9.17) is 0 Å². The number of hydrogen-bond donors (Lipinski definition) is 1. The predicted molar refractivity (Wildman–Crippen MR) is 101 cm³/mol. The highest BCUT2D eigenvalue weighted by atomic mass is 32.2. The van der Waals surface area contributed by atoms with E-state index in [1.807, 2.05) is 44.2 Å². The largest absolute Gasteiger partial charge is 0.348 e. The van der Waals surface area contributed by atoms with Crippen LogP contribution in [0.3, 0.4) is 0 Å². The molecule has 134 valence electrons. The first kappa shape index (κ1) is 18.1. The van der Waals surface area contributed by atoms with Gasteiger partial charge in [0.2, 0.25) is 5.91 Å². The minimum atomic E-state index is -0.328. The van der Waals surface area contributed by atoms with Crippen molar-refractivity contribution in [2.45, 2.75) is 31.6 Å². The Morgan fingerprint density at radius 3 is 2.77 bits per heavy atom. The van der Waals surface area contributed by atoms with Crippen molar-refractivity contribution in [2.24, 2.45) is 0 Å². The van der Waals surface area contributed by atoms with Gasteiger partial charge in [-0.2, -0.15) is 0 Å². The molecular weight excluding hydrogens is 350 g/mol. The Morgan fingerprint density at radius 1 is 1.27 bits per heavy atom. The van der Waals surface area contributed by atoms with E-state index in [-0.39, 0.29) is 24.1 Å².